The minimum atomic E-state index is -0.892. The van der Waals surface area contributed by atoms with Crippen LogP contribution in [0.2, 0.25) is 0 Å². The second-order valence-corrected chi connectivity index (χ2v) is 4.14. The predicted octanol–water partition coefficient (Wildman–Crippen LogP) is 0.515. The first-order chi connectivity index (χ1) is 5.24. The molecule has 62 valence electrons. The van der Waals surface area contributed by atoms with Crippen molar-refractivity contribution in [2.75, 3.05) is 19.3 Å². The summed E-state index contributed by atoms with van der Waals surface area (Å²) >= 11 is 0. The Kier molecular flexibility index (Phi) is 3.03. The fraction of sp³-hybridized carbons (Fsp3) is 0.857. The normalized spacial score (nSPS) is 29.3. The Hall–Kier alpha value is -0.400. The van der Waals surface area contributed by atoms with E-state index in [1.54, 1.807) is 6.26 Å². The lowest BCUT2D eigenvalue weighted by Gasteiger charge is -2.26. The summed E-state index contributed by atoms with van der Waals surface area (Å²) in [4.78, 5) is 0. The number of hydrogen-bond donors (Lipinski definition) is 0. The molecule has 0 aromatic carbocycles. The van der Waals surface area contributed by atoms with Gasteiger partial charge in [0.1, 0.15) is 0 Å². The van der Waals surface area contributed by atoms with E-state index in [2.05, 4.69) is 6.07 Å². The van der Waals surface area contributed by atoms with Gasteiger partial charge in [-0.15, -0.1) is 0 Å². The molecule has 0 saturated carbocycles. The van der Waals surface area contributed by atoms with Gasteiger partial charge in [-0.2, -0.15) is 5.26 Å². The van der Waals surface area contributed by atoms with Crippen molar-refractivity contribution in [2.24, 2.45) is 5.92 Å². The zero-order valence-electron chi connectivity index (χ0n) is 6.62. The molecule has 3 nitrogen and oxygen atoms in total. The molecule has 0 amide bonds. The zero-order chi connectivity index (χ0) is 8.27. The molecule has 1 fully saturated rings. The summed E-state index contributed by atoms with van der Waals surface area (Å²) in [6, 6.07) is 2.21. The van der Waals surface area contributed by atoms with Crippen molar-refractivity contribution in [2.45, 2.75) is 12.8 Å². The first-order valence-electron chi connectivity index (χ1n) is 3.72. The number of hydrogen-bond acceptors (Lipinski definition) is 2. The summed E-state index contributed by atoms with van der Waals surface area (Å²) in [5.74, 6) is 0.0904. The molecule has 1 saturated heterocycles. The molecule has 1 aliphatic heterocycles. The van der Waals surface area contributed by atoms with Gasteiger partial charge in [0.05, 0.1) is 23.0 Å². The van der Waals surface area contributed by atoms with Gasteiger partial charge in [0.2, 0.25) is 0 Å². The molecule has 0 radical (unpaired) electrons. The maximum Gasteiger partial charge on any atom is 0.0911 e. The fourth-order valence-corrected chi connectivity index (χ4v) is 2.06. The van der Waals surface area contributed by atoms with E-state index in [0.717, 1.165) is 19.4 Å². The van der Waals surface area contributed by atoms with E-state index in [9.17, 15) is 4.21 Å². The molecule has 0 bridgehead atoms. The van der Waals surface area contributed by atoms with Gasteiger partial charge in [-0.05, 0) is 12.8 Å². The monoisotopic (exact) mass is 172 g/mol. The molecule has 0 N–H and O–H groups in total. The molecule has 0 aromatic rings. The number of rotatable bonds is 1. The van der Waals surface area contributed by atoms with Crippen LogP contribution in [0.1, 0.15) is 12.8 Å². The highest BCUT2D eigenvalue weighted by atomic mass is 32.2. The molecular weight excluding hydrogens is 160 g/mol. The van der Waals surface area contributed by atoms with Gasteiger partial charge in [0.15, 0.2) is 0 Å². The van der Waals surface area contributed by atoms with Gasteiger partial charge in [-0.1, -0.05) is 0 Å². The molecule has 1 heterocycles. The van der Waals surface area contributed by atoms with E-state index in [-0.39, 0.29) is 5.92 Å². The average Bonchev–Trinajstić information content (AvgIpc) is 2.05. The maximum absolute atomic E-state index is 11.0. The smallest absolute Gasteiger partial charge is 0.0911 e. The predicted molar refractivity (Wildman–Crippen MR) is 44.0 cm³/mol. The van der Waals surface area contributed by atoms with Crippen LogP contribution in [-0.4, -0.2) is 27.9 Å². The maximum atomic E-state index is 11.0. The number of nitrogens with zero attached hydrogens (tertiary/aromatic N) is 2. The van der Waals surface area contributed by atoms with Gasteiger partial charge >= 0.3 is 0 Å². The Morgan fingerprint density at radius 1 is 1.73 bits per heavy atom. The SMILES string of the molecule is CS(=O)N1CCCC(C#N)C1. The molecule has 1 rings (SSSR count). The Morgan fingerprint density at radius 2 is 2.45 bits per heavy atom. The molecule has 2 atom stereocenters. The third-order valence-electron chi connectivity index (χ3n) is 1.93. The molecule has 0 aliphatic carbocycles. The first kappa shape index (κ1) is 8.69. The molecule has 2 unspecified atom stereocenters. The fourth-order valence-electron chi connectivity index (χ4n) is 1.28. The van der Waals surface area contributed by atoms with Crippen molar-refractivity contribution >= 4 is 11.0 Å². The molecule has 0 spiro atoms. The van der Waals surface area contributed by atoms with Crippen LogP contribution in [0.4, 0.5) is 0 Å². The highest BCUT2D eigenvalue weighted by molar-refractivity contribution is 7.81. The van der Waals surface area contributed by atoms with Crippen LogP contribution in [0, 0.1) is 17.2 Å². The lowest BCUT2D eigenvalue weighted by molar-refractivity contribution is 0.320. The highest BCUT2D eigenvalue weighted by Gasteiger charge is 2.20. The summed E-state index contributed by atoms with van der Waals surface area (Å²) in [6.45, 7) is 1.56. The van der Waals surface area contributed by atoms with Gasteiger partial charge in [-0.3, -0.25) is 0 Å². The average molecular weight is 172 g/mol. The van der Waals surface area contributed by atoms with Crippen LogP contribution < -0.4 is 0 Å². The van der Waals surface area contributed by atoms with Crippen LogP contribution in [0.15, 0.2) is 0 Å². The standard InChI is InChI=1S/C7H12N2OS/c1-11(10)9-4-2-3-7(5-8)6-9/h7H,2-4,6H2,1H3. The van der Waals surface area contributed by atoms with Gasteiger partial charge in [0.25, 0.3) is 0 Å². The third-order valence-corrected chi connectivity index (χ3v) is 2.99. The van der Waals surface area contributed by atoms with E-state index in [4.69, 9.17) is 5.26 Å². The van der Waals surface area contributed by atoms with E-state index in [0.29, 0.717) is 6.54 Å². The Balaban J connectivity index is 2.47. The first-order valence-corrected chi connectivity index (χ1v) is 5.23. The van der Waals surface area contributed by atoms with Crippen LogP contribution in [0.25, 0.3) is 0 Å². The lowest BCUT2D eigenvalue weighted by atomic mass is 10.0. The van der Waals surface area contributed by atoms with Gasteiger partial charge in [-0.25, -0.2) is 8.51 Å². The minimum Gasteiger partial charge on any atom is -0.243 e. The van der Waals surface area contributed by atoms with Crippen LogP contribution >= 0.6 is 0 Å². The largest absolute Gasteiger partial charge is 0.243 e. The van der Waals surface area contributed by atoms with Crippen molar-refractivity contribution < 1.29 is 4.21 Å². The van der Waals surface area contributed by atoms with Crippen LogP contribution in [0.3, 0.4) is 0 Å². The number of piperidine rings is 1. The second kappa shape index (κ2) is 3.84. The Bertz CT molecular complexity index is 199. The van der Waals surface area contributed by atoms with Crippen molar-refractivity contribution in [1.82, 2.24) is 4.31 Å². The summed E-state index contributed by atoms with van der Waals surface area (Å²) in [7, 11) is -0.892. The van der Waals surface area contributed by atoms with E-state index >= 15 is 0 Å². The van der Waals surface area contributed by atoms with Crippen molar-refractivity contribution in [3.63, 3.8) is 0 Å². The Morgan fingerprint density at radius 3 is 3.00 bits per heavy atom. The molecule has 0 aromatic heterocycles. The van der Waals surface area contributed by atoms with Crippen molar-refractivity contribution in [3.05, 3.63) is 0 Å². The van der Waals surface area contributed by atoms with Gasteiger partial charge in [0, 0.05) is 19.3 Å². The van der Waals surface area contributed by atoms with Crippen LogP contribution in [-0.2, 0) is 11.0 Å². The van der Waals surface area contributed by atoms with Crippen LogP contribution in [0.5, 0.6) is 0 Å². The van der Waals surface area contributed by atoms with E-state index in [1.807, 2.05) is 4.31 Å². The summed E-state index contributed by atoms with van der Waals surface area (Å²) in [5, 5.41) is 8.61. The van der Waals surface area contributed by atoms with Gasteiger partial charge < -0.3 is 0 Å². The number of nitriles is 1. The topological polar surface area (TPSA) is 44.1 Å². The molecular formula is C7H12N2OS. The Labute approximate surface area is 69.6 Å². The highest BCUT2D eigenvalue weighted by Crippen LogP contribution is 2.15. The summed E-state index contributed by atoms with van der Waals surface area (Å²) < 4.78 is 12.8. The molecule has 4 heteroatoms. The second-order valence-electron chi connectivity index (χ2n) is 2.78. The van der Waals surface area contributed by atoms with E-state index in [1.165, 1.54) is 0 Å². The minimum absolute atomic E-state index is 0.0904. The van der Waals surface area contributed by atoms with Crippen molar-refractivity contribution in [3.8, 4) is 6.07 Å². The van der Waals surface area contributed by atoms with E-state index < -0.39 is 11.0 Å². The molecule has 11 heavy (non-hydrogen) atoms. The summed E-state index contributed by atoms with van der Waals surface area (Å²) in [6.07, 6.45) is 3.63. The van der Waals surface area contributed by atoms with Crippen molar-refractivity contribution in [1.29, 1.82) is 5.26 Å². The zero-order valence-corrected chi connectivity index (χ0v) is 7.43. The lowest BCUT2D eigenvalue weighted by Crippen LogP contribution is -2.35. The molecule has 1 aliphatic rings. The summed E-state index contributed by atoms with van der Waals surface area (Å²) in [5.41, 5.74) is 0. The quantitative estimate of drug-likeness (QED) is 0.578. The third kappa shape index (κ3) is 2.28.